The summed E-state index contributed by atoms with van der Waals surface area (Å²) in [5.41, 5.74) is 6.87. The van der Waals surface area contributed by atoms with Crippen LogP contribution in [0.1, 0.15) is 17.4 Å². The zero-order valence-electron chi connectivity index (χ0n) is 22.4. The Morgan fingerprint density at radius 2 is 1.22 bits per heavy atom. The number of pyridine rings is 2. The van der Waals surface area contributed by atoms with Crippen LogP contribution < -0.4 is 0 Å². The summed E-state index contributed by atoms with van der Waals surface area (Å²) < 4.78 is 7.63. The second kappa shape index (κ2) is 9.26. The van der Waals surface area contributed by atoms with Gasteiger partial charge in [-0.15, -0.1) is 11.3 Å². The summed E-state index contributed by atoms with van der Waals surface area (Å²) in [4.78, 5) is 11.2. The molecule has 4 heterocycles. The Kier molecular flexibility index (Phi) is 5.37. The Hall–Kier alpha value is -5.06. The van der Waals surface area contributed by atoms with Crippen molar-refractivity contribution in [2.75, 3.05) is 0 Å². The van der Waals surface area contributed by atoms with E-state index in [2.05, 4.69) is 85.5 Å². The summed E-state index contributed by atoms with van der Waals surface area (Å²) in [5.74, 6) is 0. The molecule has 0 N–H and O–H groups in total. The molecule has 0 aliphatic carbocycles. The normalized spacial score (nSPS) is 12.0. The van der Waals surface area contributed by atoms with Gasteiger partial charge < -0.3 is 4.42 Å². The molecule has 8 rings (SSSR count). The van der Waals surface area contributed by atoms with E-state index in [0.717, 1.165) is 76.3 Å². The molecule has 0 aliphatic heterocycles. The molecule has 0 aliphatic rings. The van der Waals surface area contributed by atoms with Gasteiger partial charge in [0.1, 0.15) is 11.3 Å². The second-order valence-electron chi connectivity index (χ2n) is 10.1. The molecule has 4 aromatic carbocycles. The highest BCUT2D eigenvalue weighted by Crippen LogP contribution is 2.47. The average Bonchev–Trinajstić information content (AvgIpc) is 3.58. The van der Waals surface area contributed by atoms with Crippen LogP contribution in [0.5, 0.6) is 0 Å². The first-order valence-electron chi connectivity index (χ1n) is 13.7. The van der Waals surface area contributed by atoms with Gasteiger partial charge in [-0.3, -0.25) is 9.97 Å². The monoisotopic (exact) mass is 544 g/mol. The molecule has 3 nitrogen and oxygen atoms in total. The van der Waals surface area contributed by atoms with Gasteiger partial charge in [0.15, 0.2) is 5.58 Å². The van der Waals surface area contributed by atoms with Crippen molar-refractivity contribution in [3.63, 3.8) is 0 Å². The predicted molar refractivity (Wildman–Crippen MR) is 175 cm³/mol. The number of hydrogen-bond acceptors (Lipinski definition) is 4. The average molecular weight is 545 g/mol. The molecule has 0 bridgehead atoms. The summed E-state index contributed by atoms with van der Waals surface area (Å²) in [5, 5.41) is 7.86. The number of rotatable bonds is 4. The van der Waals surface area contributed by atoms with E-state index in [1.165, 1.54) is 10.3 Å². The fourth-order valence-corrected chi connectivity index (χ4v) is 7.46. The van der Waals surface area contributed by atoms with E-state index in [1.54, 1.807) is 11.3 Å². The molecule has 4 heteroatoms. The Balaban J connectivity index is 1.53. The molecule has 41 heavy (non-hydrogen) atoms. The summed E-state index contributed by atoms with van der Waals surface area (Å²) >= 11 is 1.77. The van der Waals surface area contributed by atoms with Crippen LogP contribution in [0.2, 0.25) is 0 Å². The van der Waals surface area contributed by atoms with Gasteiger partial charge in [0.2, 0.25) is 0 Å². The number of thiophene rings is 1. The van der Waals surface area contributed by atoms with Crippen molar-refractivity contribution in [2.24, 2.45) is 0 Å². The van der Waals surface area contributed by atoms with Crippen molar-refractivity contribution in [2.45, 2.75) is 6.92 Å². The number of allylic oxidation sites excluding steroid dienone is 1. The molecule has 0 saturated carbocycles. The van der Waals surface area contributed by atoms with Gasteiger partial charge >= 0.3 is 0 Å². The number of benzene rings is 4. The van der Waals surface area contributed by atoms with Crippen LogP contribution in [0.4, 0.5) is 0 Å². The second-order valence-corrected chi connectivity index (χ2v) is 11.1. The zero-order valence-corrected chi connectivity index (χ0v) is 23.2. The molecule has 4 aromatic heterocycles. The van der Waals surface area contributed by atoms with Crippen molar-refractivity contribution in [1.82, 2.24) is 9.97 Å². The molecule has 8 aromatic rings. The lowest BCUT2D eigenvalue weighted by molar-refractivity contribution is 0.668. The van der Waals surface area contributed by atoms with Gasteiger partial charge in [0.05, 0.1) is 10.4 Å². The molecule has 0 fully saturated rings. The van der Waals surface area contributed by atoms with Gasteiger partial charge in [-0.2, -0.15) is 0 Å². The molecule has 0 saturated heterocycles. The molecule has 0 radical (unpaired) electrons. The van der Waals surface area contributed by atoms with Gasteiger partial charge in [-0.25, -0.2) is 0 Å². The van der Waals surface area contributed by atoms with E-state index in [4.69, 9.17) is 14.4 Å². The summed E-state index contributed by atoms with van der Waals surface area (Å²) in [6.45, 7) is 6.17. The third kappa shape index (κ3) is 3.44. The van der Waals surface area contributed by atoms with Crippen LogP contribution in [-0.2, 0) is 0 Å². The lowest BCUT2D eigenvalue weighted by Crippen LogP contribution is -1.94. The number of hydrogen-bond donors (Lipinski definition) is 0. The van der Waals surface area contributed by atoms with Crippen molar-refractivity contribution in [1.29, 1.82) is 0 Å². The third-order valence-corrected chi connectivity index (χ3v) is 9.09. The van der Waals surface area contributed by atoms with Crippen LogP contribution in [0.25, 0.3) is 88.2 Å². The molecular formula is C37H24N2OS. The minimum Gasteiger partial charge on any atom is -0.454 e. The molecular weight excluding hydrogens is 520 g/mol. The summed E-state index contributed by atoms with van der Waals surface area (Å²) in [6, 6.07) is 29.5. The molecule has 194 valence electrons. The highest BCUT2D eigenvalue weighted by atomic mass is 32.1. The number of nitrogens with zero attached hydrogens (tertiary/aromatic N) is 2. The highest BCUT2D eigenvalue weighted by molar-refractivity contribution is 7.20. The fraction of sp³-hybridized carbons (Fsp3) is 0.0270. The van der Waals surface area contributed by atoms with E-state index in [9.17, 15) is 0 Å². The van der Waals surface area contributed by atoms with Gasteiger partial charge in [-0.05, 0) is 58.3 Å². The first kappa shape index (κ1) is 23.8. The van der Waals surface area contributed by atoms with Crippen molar-refractivity contribution in [3.8, 4) is 22.5 Å². The van der Waals surface area contributed by atoms with Crippen molar-refractivity contribution >= 4 is 77.1 Å². The molecule has 0 unspecified atom stereocenters. The number of fused-ring (bicyclic) bond motifs is 6. The maximum Gasteiger partial charge on any atom is 0.161 e. The minimum absolute atomic E-state index is 0.807. The van der Waals surface area contributed by atoms with Gasteiger partial charge in [0.25, 0.3) is 0 Å². The summed E-state index contributed by atoms with van der Waals surface area (Å²) in [7, 11) is 0. The highest BCUT2D eigenvalue weighted by Gasteiger charge is 2.23. The van der Waals surface area contributed by atoms with Crippen LogP contribution in [0.3, 0.4) is 0 Å². The first-order valence-corrected chi connectivity index (χ1v) is 14.5. The standard InChI is InChI=1S/C37H24N2OS/c1-3-11-31-22(4-2)29-19-21-39-35(37(29)41-31)33-26-15-7-5-13-24(26)32(25-14-6-8-16-27(25)33)34-36-28(18-20-38-34)23-12-9-10-17-30(23)40-36/h3-21H,2H2,1H3/b11-3-. The fourth-order valence-electron chi connectivity index (χ4n) is 6.19. The van der Waals surface area contributed by atoms with E-state index in [-0.39, 0.29) is 0 Å². The Bertz CT molecular complexity index is 2300. The van der Waals surface area contributed by atoms with Gasteiger partial charge in [0, 0.05) is 44.6 Å². The maximum atomic E-state index is 6.47. The largest absolute Gasteiger partial charge is 0.454 e. The lowest BCUT2D eigenvalue weighted by atomic mass is 9.88. The smallest absolute Gasteiger partial charge is 0.161 e. The van der Waals surface area contributed by atoms with Gasteiger partial charge in [-0.1, -0.05) is 85.5 Å². The Morgan fingerprint density at radius 1 is 0.659 bits per heavy atom. The number of furan rings is 1. The zero-order chi connectivity index (χ0) is 27.5. The predicted octanol–water partition coefficient (Wildman–Crippen LogP) is 10.9. The third-order valence-electron chi connectivity index (χ3n) is 7.89. The van der Waals surface area contributed by atoms with Crippen LogP contribution in [0, 0.1) is 0 Å². The minimum atomic E-state index is 0.807. The lowest BCUT2D eigenvalue weighted by Gasteiger charge is -2.17. The van der Waals surface area contributed by atoms with Crippen LogP contribution >= 0.6 is 11.3 Å². The molecule has 0 amide bonds. The Morgan fingerprint density at radius 3 is 1.85 bits per heavy atom. The topological polar surface area (TPSA) is 38.9 Å². The van der Waals surface area contributed by atoms with E-state index < -0.39 is 0 Å². The van der Waals surface area contributed by atoms with Crippen molar-refractivity contribution < 1.29 is 4.42 Å². The first-order chi connectivity index (χ1) is 20.3. The van der Waals surface area contributed by atoms with Crippen LogP contribution in [-0.4, -0.2) is 9.97 Å². The molecule has 0 spiro atoms. The molecule has 0 atom stereocenters. The van der Waals surface area contributed by atoms with E-state index >= 15 is 0 Å². The van der Waals surface area contributed by atoms with E-state index in [0.29, 0.717) is 0 Å². The Labute approximate surface area is 240 Å². The quantitative estimate of drug-likeness (QED) is 0.207. The van der Waals surface area contributed by atoms with Crippen LogP contribution in [0.15, 0.2) is 114 Å². The number of para-hydroxylation sites is 1. The number of aromatic nitrogens is 2. The SMILES string of the molecule is C=Cc1c(/C=C\C)sc2c(-c3c4ccccc4c(-c4nccc5c4oc4ccccc45)c4ccccc34)nccc12. The maximum absolute atomic E-state index is 6.47. The van der Waals surface area contributed by atoms with Crippen molar-refractivity contribution in [3.05, 3.63) is 120 Å². The summed E-state index contributed by atoms with van der Waals surface area (Å²) in [6.07, 6.45) is 10.0. The van der Waals surface area contributed by atoms with E-state index in [1.807, 2.05) is 43.6 Å².